The van der Waals surface area contributed by atoms with E-state index in [2.05, 4.69) is 15.3 Å². The van der Waals surface area contributed by atoms with Gasteiger partial charge in [-0.15, -0.1) is 0 Å². The van der Waals surface area contributed by atoms with E-state index in [1.54, 1.807) is 18.2 Å². The summed E-state index contributed by atoms with van der Waals surface area (Å²) >= 11 is 5.96. The summed E-state index contributed by atoms with van der Waals surface area (Å²) in [6, 6.07) is 12.6. The van der Waals surface area contributed by atoms with Crippen molar-refractivity contribution in [1.29, 1.82) is 0 Å². The maximum absolute atomic E-state index is 10.0. The lowest BCUT2D eigenvalue weighted by molar-refractivity contribution is 0.405. The summed E-state index contributed by atoms with van der Waals surface area (Å²) in [5, 5.41) is 15.0. The lowest BCUT2D eigenvalue weighted by atomic mass is 9.90. The Morgan fingerprint density at radius 3 is 2.61 bits per heavy atom. The number of fused-ring (bicyclic) bond motifs is 1. The van der Waals surface area contributed by atoms with E-state index in [0.717, 1.165) is 42.1 Å². The lowest BCUT2D eigenvalue weighted by Crippen LogP contribution is -2.38. The Morgan fingerprint density at radius 2 is 1.84 bits per heavy atom. The Morgan fingerprint density at radius 1 is 1.06 bits per heavy atom. The SMILES string of the molecule is NC(N)=NC1CCCCC1Nc1nc(/C=C\c2ccc(Cl)cc2)nc2ccc(O)cc12. The number of guanidine groups is 1. The van der Waals surface area contributed by atoms with Crippen molar-refractivity contribution in [2.75, 3.05) is 5.32 Å². The third-order valence-corrected chi connectivity index (χ3v) is 5.61. The molecule has 0 amide bonds. The highest BCUT2D eigenvalue weighted by atomic mass is 35.5. The van der Waals surface area contributed by atoms with Crippen LogP contribution in [-0.4, -0.2) is 33.1 Å². The van der Waals surface area contributed by atoms with Crippen molar-refractivity contribution in [3.63, 3.8) is 0 Å². The van der Waals surface area contributed by atoms with Gasteiger partial charge in [0.15, 0.2) is 11.8 Å². The van der Waals surface area contributed by atoms with E-state index in [0.29, 0.717) is 16.7 Å². The number of hydrogen-bond acceptors (Lipinski definition) is 5. The fourth-order valence-corrected chi connectivity index (χ4v) is 3.99. The molecule has 4 rings (SSSR count). The van der Waals surface area contributed by atoms with Crippen LogP contribution in [0.25, 0.3) is 23.1 Å². The number of nitrogens with zero attached hydrogens (tertiary/aromatic N) is 3. The maximum Gasteiger partial charge on any atom is 0.186 e. The smallest absolute Gasteiger partial charge is 0.186 e. The van der Waals surface area contributed by atoms with Crippen LogP contribution in [0.15, 0.2) is 47.5 Å². The van der Waals surface area contributed by atoms with Gasteiger partial charge in [0, 0.05) is 10.4 Å². The van der Waals surface area contributed by atoms with Gasteiger partial charge in [-0.25, -0.2) is 15.0 Å². The lowest BCUT2D eigenvalue weighted by Gasteiger charge is -2.30. The van der Waals surface area contributed by atoms with Gasteiger partial charge in [-0.3, -0.25) is 0 Å². The summed E-state index contributed by atoms with van der Waals surface area (Å²) in [5.74, 6) is 1.47. The molecular weight excluding hydrogens is 412 g/mol. The van der Waals surface area contributed by atoms with Gasteiger partial charge >= 0.3 is 0 Å². The van der Waals surface area contributed by atoms with Crippen molar-refractivity contribution < 1.29 is 5.11 Å². The van der Waals surface area contributed by atoms with E-state index in [4.69, 9.17) is 28.1 Å². The van der Waals surface area contributed by atoms with E-state index < -0.39 is 0 Å². The van der Waals surface area contributed by atoms with Gasteiger partial charge in [-0.05, 0) is 54.8 Å². The fraction of sp³-hybridized carbons (Fsp3) is 0.261. The molecule has 1 aliphatic carbocycles. The minimum Gasteiger partial charge on any atom is -0.508 e. The van der Waals surface area contributed by atoms with Crippen molar-refractivity contribution in [2.45, 2.75) is 37.8 Å². The Balaban J connectivity index is 1.69. The number of hydrogen-bond donors (Lipinski definition) is 4. The molecule has 8 heteroatoms. The van der Waals surface area contributed by atoms with Crippen molar-refractivity contribution in [3.8, 4) is 5.75 Å². The third-order valence-electron chi connectivity index (χ3n) is 5.36. The summed E-state index contributed by atoms with van der Waals surface area (Å²) in [7, 11) is 0. The molecule has 31 heavy (non-hydrogen) atoms. The van der Waals surface area contributed by atoms with Crippen LogP contribution in [0.4, 0.5) is 5.82 Å². The van der Waals surface area contributed by atoms with Crippen LogP contribution in [-0.2, 0) is 0 Å². The molecular formula is C23H25ClN6O. The molecule has 0 spiro atoms. The standard InChI is InChI=1S/C23H25ClN6O/c24-15-8-5-14(6-9-15)7-12-21-27-18-11-10-16(31)13-17(18)22(30-21)28-19-3-1-2-4-20(19)29-23(25)26/h5-13,19-20,31H,1-4H2,(H4,25,26,29)(H,27,28,30)/b12-7-. The normalized spacial score (nSPS) is 18.9. The van der Waals surface area contributed by atoms with Crippen LogP contribution >= 0.6 is 11.6 Å². The van der Waals surface area contributed by atoms with Crippen LogP contribution in [0, 0.1) is 0 Å². The Bertz CT molecular complexity index is 1120. The van der Waals surface area contributed by atoms with Crippen molar-refractivity contribution >= 4 is 46.4 Å². The molecule has 0 saturated heterocycles. The molecule has 3 aromatic rings. The van der Waals surface area contributed by atoms with E-state index in [1.807, 2.05) is 36.4 Å². The zero-order valence-corrected chi connectivity index (χ0v) is 17.8. The molecule has 1 heterocycles. The van der Waals surface area contributed by atoms with Crippen LogP contribution < -0.4 is 16.8 Å². The second-order valence-electron chi connectivity index (χ2n) is 7.67. The second kappa shape index (κ2) is 9.22. The summed E-state index contributed by atoms with van der Waals surface area (Å²) in [6.07, 6.45) is 7.81. The van der Waals surface area contributed by atoms with Crippen molar-refractivity contribution in [3.05, 3.63) is 58.9 Å². The Hall–Kier alpha value is -3.32. The Labute approximate surface area is 185 Å². The topological polar surface area (TPSA) is 122 Å². The molecule has 1 aliphatic rings. The predicted molar refractivity (Wildman–Crippen MR) is 127 cm³/mol. The number of aliphatic imine (C=N–C) groups is 1. The highest BCUT2D eigenvalue weighted by molar-refractivity contribution is 6.30. The number of rotatable bonds is 5. The first-order chi connectivity index (χ1) is 15.0. The molecule has 6 N–H and O–H groups in total. The van der Waals surface area contributed by atoms with Gasteiger partial charge in [0.05, 0.1) is 17.6 Å². The average molecular weight is 437 g/mol. The number of nitrogens with one attached hydrogen (secondary N) is 1. The molecule has 0 bridgehead atoms. The number of anilines is 1. The number of benzene rings is 2. The summed E-state index contributed by atoms with van der Waals surface area (Å²) in [6.45, 7) is 0. The van der Waals surface area contributed by atoms with Crippen LogP contribution in [0.3, 0.4) is 0 Å². The molecule has 2 aromatic carbocycles. The van der Waals surface area contributed by atoms with Crippen molar-refractivity contribution in [2.24, 2.45) is 16.5 Å². The first-order valence-electron chi connectivity index (χ1n) is 10.3. The van der Waals surface area contributed by atoms with E-state index in [1.165, 1.54) is 0 Å². The molecule has 1 saturated carbocycles. The summed E-state index contributed by atoms with van der Waals surface area (Å²) in [5.41, 5.74) is 13.0. The molecule has 7 nitrogen and oxygen atoms in total. The number of halogens is 1. The molecule has 1 fully saturated rings. The fourth-order valence-electron chi connectivity index (χ4n) is 3.86. The monoisotopic (exact) mass is 436 g/mol. The number of phenolic OH excluding ortho intramolecular Hbond substituents is 1. The van der Waals surface area contributed by atoms with Crippen LogP contribution in [0.5, 0.6) is 5.75 Å². The minimum atomic E-state index is -0.0193. The van der Waals surface area contributed by atoms with Crippen LogP contribution in [0.1, 0.15) is 37.1 Å². The Kier molecular flexibility index (Phi) is 6.23. The molecule has 2 atom stereocenters. The van der Waals surface area contributed by atoms with E-state index in [-0.39, 0.29) is 23.8 Å². The highest BCUT2D eigenvalue weighted by Gasteiger charge is 2.26. The predicted octanol–water partition coefficient (Wildman–Crippen LogP) is 4.16. The molecule has 0 aliphatic heterocycles. The third kappa shape index (κ3) is 5.24. The van der Waals surface area contributed by atoms with Gasteiger partial charge in [-0.1, -0.05) is 42.7 Å². The van der Waals surface area contributed by atoms with E-state index >= 15 is 0 Å². The highest BCUT2D eigenvalue weighted by Crippen LogP contribution is 2.29. The zero-order valence-electron chi connectivity index (χ0n) is 17.0. The summed E-state index contributed by atoms with van der Waals surface area (Å²) < 4.78 is 0. The summed E-state index contributed by atoms with van der Waals surface area (Å²) in [4.78, 5) is 13.8. The number of nitrogens with two attached hydrogens (primary N) is 2. The molecule has 2 unspecified atom stereocenters. The largest absolute Gasteiger partial charge is 0.508 e. The zero-order chi connectivity index (χ0) is 21.8. The minimum absolute atomic E-state index is 0.0193. The second-order valence-corrected chi connectivity index (χ2v) is 8.11. The molecule has 1 aromatic heterocycles. The van der Waals surface area contributed by atoms with Gasteiger partial charge in [-0.2, -0.15) is 0 Å². The molecule has 0 radical (unpaired) electrons. The van der Waals surface area contributed by atoms with Gasteiger partial charge in [0.1, 0.15) is 11.6 Å². The number of aromatic nitrogens is 2. The number of phenols is 1. The van der Waals surface area contributed by atoms with Gasteiger partial charge < -0.3 is 21.9 Å². The first-order valence-corrected chi connectivity index (χ1v) is 10.7. The van der Waals surface area contributed by atoms with Crippen molar-refractivity contribution in [1.82, 2.24) is 9.97 Å². The van der Waals surface area contributed by atoms with E-state index in [9.17, 15) is 5.11 Å². The molecule has 160 valence electrons. The number of aromatic hydroxyl groups is 1. The van der Waals surface area contributed by atoms with Gasteiger partial charge in [0.2, 0.25) is 0 Å². The quantitative estimate of drug-likeness (QED) is 0.352. The average Bonchev–Trinajstić information content (AvgIpc) is 2.75. The first kappa shape index (κ1) is 20.9. The van der Waals surface area contributed by atoms with Crippen LogP contribution in [0.2, 0.25) is 5.02 Å². The van der Waals surface area contributed by atoms with Gasteiger partial charge in [0.25, 0.3) is 0 Å². The maximum atomic E-state index is 10.0.